The standard InChI is InChI=1S/C20H17Cl4N7O4/c21-10-1-3-14(12(23)5-10)34-7-16(32)28-30-19-18(25)20(27-9-26-19)31-29-17(33)8-35-15-4-2-11(22)6-13(15)24/h1-6,9H,7-8,25H2,(H,28,32)(H,29,33)(H2,26,27,30,31). The maximum absolute atomic E-state index is 12.1. The molecule has 2 aromatic carbocycles. The fourth-order valence-electron chi connectivity index (χ4n) is 2.40. The van der Waals surface area contributed by atoms with Crippen molar-refractivity contribution >= 4 is 75.5 Å². The number of hydrogen-bond donors (Lipinski definition) is 5. The number of benzene rings is 2. The molecule has 0 spiro atoms. The Bertz CT molecular complexity index is 1140. The second-order valence-electron chi connectivity index (χ2n) is 6.56. The number of hydrogen-bond acceptors (Lipinski definition) is 9. The minimum atomic E-state index is -0.546. The van der Waals surface area contributed by atoms with Crippen molar-refractivity contribution in [2.45, 2.75) is 0 Å². The molecule has 0 unspecified atom stereocenters. The van der Waals surface area contributed by atoms with E-state index >= 15 is 0 Å². The molecular weight excluding hydrogens is 544 g/mol. The van der Waals surface area contributed by atoms with Crippen LogP contribution < -0.4 is 36.9 Å². The van der Waals surface area contributed by atoms with Gasteiger partial charge in [-0.1, -0.05) is 46.4 Å². The first-order chi connectivity index (χ1) is 16.7. The maximum atomic E-state index is 12.1. The van der Waals surface area contributed by atoms with Crippen LogP contribution in [0.2, 0.25) is 20.1 Å². The molecule has 0 saturated carbocycles. The van der Waals surface area contributed by atoms with Crippen molar-refractivity contribution in [2.75, 3.05) is 29.8 Å². The Morgan fingerprint density at radius 2 is 1.20 bits per heavy atom. The summed E-state index contributed by atoms with van der Waals surface area (Å²) in [6.07, 6.45) is 1.16. The van der Waals surface area contributed by atoms with Gasteiger partial charge in [-0.2, -0.15) is 0 Å². The van der Waals surface area contributed by atoms with Gasteiger partial charge in [-0.25, -0.2) is 9.97 Å². The van der Waals surface area contributed by atoms with Crippen LogP contribution in [0.3, 0.4) is 0 Å². The van der Waals surface area contributed by atoms with Gasteiger partial charge in [0.25, 0.3) is 11.8 Å². The predicted molar refractivity (Wildman–Crippen MR) is 134 cm³/mol. The summed E-state index contributed by atoms with van der Waals surface area (Å²) in [5, 5.41) is 1.40. The van der Waals surface area contributed by atoms with Crippen LogP contribution in [0.5, 0.6) is 11.5 Å². The summed E-state index contributed by atoms with van der Waals surface area (Å²) in [5.41, 5.74) is 15.8. The molecule has 6 N–H and O–H groups in total. The van der Waals surface area contributed by atoms with Crippen molar-refractivity contribution < 1.29 is 19.1 Å². The summed E-state index contributed by atoms with van der Waals surface area (Å²) in [7, 11) is 0. The minimum absolute atomic E-state index is 0.0106. The molecule has 2 amide bonds. The van der Waals surface area contributed by atoms with E-state index in [1.807, 2.05) is 0 Å². The number of ether oxygens (including phenoxy) is 2. The number of carbonyl (C=O) groups excluding carboxylic acids is 2. The van der Waals surface area contributed by atoms with Gasteiger partial charge in [0.1, 0.15) is 23.5 Å². The SMILES string of the molecule is Nc1c(NNC(=O)COc2ccc(Cl)cc2Cl)ncnc1NNC(=O)COc1ccc(Cl)cc1Cl. The third kappa shape index (κ3) is 7.82. The van der Waals surface area contributed by atoms with E-state index in [0.717, 1.165) is 6.33 Å². The van der Waals surface area contributed by atoms with E-state index in [-0.39, 0.29) is 52.1 Å². The molecule has 3 rings (SSSR count). The van der Waals surface area contributed by atoms with Gasteiger partial charge in [0.15, 0.2) is 24.8 Å². The van der Waals surface area contributed by atoms with Crippen LogP contribution in [0.1, 0.15) is 0 Å². The second kappa shape index (κ2) is 12.4. The van der Waals surface area contributed by atoms with Crippen LogP contribution >= 0.6 is 46.4 Å². The third-order valence-corrected chi connectivity index (χ3v) is 5.09. The van der Waals surface area contributed by atoms with Gasteiger partial charge in [0, 0.05) is 10.0 Å². The fourth-order valence-corrected chi connectivity index (χ4v) is 3.32. The molecule has 0 aliphatic rings. The lowest BCUT2D eigenvalue weighted by atomic mass is 10.3. The second-order valence-corrected chi connectivity index (χ2v) is 8.25. The van der Waals surface area contributed by atoms with Crippen LogP contribution in [0.15, 0.2) is 42.7 Å². The Kier molecular flexibility index (Phi) is 9.26. The zero-order valence-corrected chi connectivity index (χ0v) is 20.6. The zero-order valence-electron chi connectivity index (χ0n) is 17.6. The van der Waals surface area contributed by atoms with E-state index < -0.39 is 11.8 Å². The van der Waals surface area contributed by atoms with Gasteiger partial charge in [-0.15, -0.1) is 0 Å². The molecular formula is C20H17Cl4N7O4. The molecule has 35 heavy (non-hydrogen) atoms. The summed E-state index contributed by atoms with van der Waals surface area (Å²) in [5.74, 6) is -0.378. The van der Waals surface area contributed by atoms with Crippen molar-refractivity contribution in [2.24, 2.45) is 0 Å². The zero-order chi connectivity index (χ0) is 25.4. The quantitative estimate of drug-likeness (QED) is 0.233. The van der Waals surface area contributed by atoms with Gasteiger partial charge in [0.2, 0.25) is 0 Å². The number of nitrogen functional groups attached to an aromatic ring is 1. The smallest absolute Gasteiger partial charge is 0.276 e. The minimum Gasteiger partial charge on any atom is -0.482 e. The highest BCUT2D eigenvalue weighted by Crippen LogP contribution is 2.28. The maximum Gasteiger partial charge on any atom is 0.276 e. The van der Waals surface area contributed by atoms with E-state index in [9.17, 15) is 9.59 Å². The highest BCUT2D eigenvalue weighted by Gasteiger charge is 2.12. The number of nitrogens with two attached hydrogens (primary N) is 1. The first-order valence-electron chi connectivity index (χ1n) is 9.59. The van der Waals surface area contributed by atoms with Crippen molar-refractivity contribution in [3.8, 4) is 11.5 Å². The molecule has 0 bridgehead atoms. The first-order valence-corrected chi connectivity index (χ1v) is 11.1. The molecule has 184 valence electrons. The molecule has 1 aromatic heterocycles. The summed E-state index contributed by atoms with van der Waals surface area (Å²) >= 11 is 23.6. The highest BCUT2D eigenvalue weighted by atomic mass is 35.5. The number of nitrogens with one attached hydrogen (secondary N) is 4. The van der Waals surface area contributed by atoms with Gasteiger partial charge in [-0.05, 0) is 36.4 Å². The number of hydrazine groups is 2. The van der Waals surface area contributed by atoms with Crippen molar-refractivity contribution in [1.82, 2.24) is 20.8 Å². The topological polar surface area (TPSA) is 153 Å². The summed E-state index contributed by atoms with van der Waals surface area (Å²) in [6.45, 7) is -0.698. The molecule has 0 aliphatic heterocycles. The van der Waals surface area contributed by atoms with Crippen LogP contribution in [-0.2, 0) is 9.59 Å². The molecule has 0 aliphatic carbocycles. The Balaban J connectivity index is 1.46. The van der Waals surface area contributed by atoms with Crippen LogP contribution in [0.4, 0.5) is 17.3 Å². The molecule has 15 heteroatoms. The number of rotatable bonds is 10. The van der Waals surface area contributed by atoms with E-state index in [1.165, 1.54) is 24.3 Å². The Labute approximate surface area is 219 Å². The van der Waals surface area contributed by atoms with E-state index in [1.54, 1.807) is 12.1 Å². The van der Waals surface area contributed by atoms with E-state index in [2.05, 4.69) is 31.7 Å². The summed E-state index contributed by atoms with van der Waals surface area (Å²) in [4.78, 5) is 32.0. The number of halogens is 4. The predicted octanol–water partition coefficient (Wildman–Crippen LogP) is 3.72. The lowest BCUT2D eigenvalue weighted by Crippen LogP contribution is -2.35. The summed E-state index contributed by atoms with van der Waals surface area (Å²) in [6, 6.07) is 9.20. The van der Waals surface area contributed by atoms with Gasteiger partial charge < -0.3 is 15.2 Å². The monoisotopic (exact) mass is 559 g/mol. The van der Waals surface area contributed by atoms with Gasteiger partial charge in [-0.3, -0.25) is 31.3 Å². The highest BCUT2D eigenvalue weighted by molar-refractivity contribution is 6.36. The van der Waals surface area contributed by atoms with Crippen LogP contribution in [0.25, 0.3) is 0 Å². The normalized spacial score (nSPS) is 10.3. The Morgan fingerprint density at radius 3 is 1.60 bits per heavy atom. The lowest BCUT2D eigenvalue weighted by molar-refractivity contribution is -0.123. The average Bonchev–Trinajstić information content (AvgIpc) is 2.81. The largest absolute Gasteiger partial charge is 0.482 e. The number of anilines is 3. The molecule has 0 fully saturated rings. The van der Waals surface area contributed by atoms with Crippen molar-refractivity contribution in [1.29, 1.82) is 0 Å². The molecule has 0 atom stereocenters. The number of nitrogens with zero attached hydrogens (tertiary/aromatic N) is 2. The Hall–Kier alpha value is -3.38. The number of amides is 2. The van der Waals surface area contributed by atoms with Crippen molar-refractivity contribution in [3.05, 3.63) is 62.8 Å². The Morgan fingerprint density at radius 1 is 0.771 bits per heavy atom. The van der Waals surface area contributed by atoms with Crippen molar-refractivity contribution in [3.63, 3.8) is 0 Å². The fraction of sp³-hybridized carbons (Fsp3) is 0.100. The lowest BCUT2D eigenvalue weighted by Gasteiger charge is -2.14. The molecule has 3 aromatic rings. The van der Waals surface area contributed by atoms with E-state index in [0.29, 0.717) is 10.0 Å². The number of carbonyl (C=O) groups is 2. The van der Waals surface area contributed by atoms with Crippen LogP contribution in [0, 0.1) is 0 Å². The molecule has 0 saturated heterocycles. The summed E-state index contributed by atoms with van der Waals surface area (Å²) < 4.78 is 10.7. The molecule has 0 radical (unpaired) electrons. The third-order valence-electron chi connectivity index (χ3n) is 4.03. The average molecular weight is 561 g/mol. The number of aromatic nitrogens is 2. The molecule has 11 nitrogen and oxygen atoms in total. The van der Waals surface area contributed by atoms with Gasteiger partial charge >= 0.3 is 0 Å². The first kappa shape index (κ1) is 26.2. The van der Waals surface area contributed by atoms with E-state index in [4.69, 9.17) is 61.6 Å². The van der Waals surface area contributed by atoms with Gasteiger partial charge in [0.05, 0.1) is 10.0 Å². The van der Waals surface area contributed by atoms with Crippen LogP contribution in [-0.4, -0.2) is 35.0 Å². The molecule has 1 heterocycles.